The van der Waals surface area contributed by atoms with Gasteiger partial charge in [0.15, 0.2) is 0 Å². The van der Waals surface area contributed by atoms with Crippen molar-refractivity contribution in [2.45, 2.75) is 38.8 Å². The van der Waals surface area contributed by atoms with Crippen LogP contribution in [0.3, 0.4) is 0 Å². The highest BCUT2D eigenvalue weighted by Gasteiger charge is 2.24. The number of para-hydroxylation sites is 1. The zero-order valence-electron chi connectivity index (χ0n) is 18.2. The lowest BCUT2D eigenvalue weighted by molar-refractivity contribution is -0.134. The van der Waals surface area contributed by atoms with Gasteiger partial charge in [0.2, 0.25) is 0 Å². The Labute approximate surface area is 187 Å². The van der Waals surface area contributed by atoms with Crippen molar-refractivity contribution in [3.63, 3.8) is 0 Å². The summed E-state index contributed by atoms with van der Waals surface area (Å²) in [6, 6.07) is 19.5. The van der Waals surface area contributed by atoms with Crippen LogP contribution in [0.5, 0.6) is 0 Å². The van der Waals surface area contributed by atoms with E-state index in [0.717, 1.165) is 26.2 Å². The van der Waals surface area contributed by atoms with Gasteiger partial charge < -0.3 is 10.2 Å². The van der Waals surface area contributed by atoms with E-state index in [1.807, 2.05) is 0 Å². The number of carboxylic acid groups (broad SMARTS) is 2. The van der Waals surface area contributed by atoms with Gasteiger partial charge in [-0.3, -0.25) is 9.58 Å². The van der Waals surface area contributed by atoms with Gasteiger partial charge in [-0.1, -0.05) is 48.5 Å². The molecule has 0 unspecified atom stereocenters. The van der Waals surface area contributed by atoms with Crippen molar-refractivity contribution in [3.05, 3.63) is 78.0 Å². The summed E-state index contributed by atoms with van der Waals surface area (Å²) in [6.07, 6.45) is 3.53. The van der Waals surface area contributed by atoms with Crippen LogP contribution in [0, 0.1) is 0 Å². The molecule has 0 atom stereocenters. The highest BCUT2D eigenvalue weighted by molar-refractivity contribution is 5.89. The van der Waals surface area contributed by atoms with Crippen molar-refractivity contribution in [1.29, 1.82) is 0 Å². The average molecular weight is 436 g/mol. The normalized spacial score (nSPS) is 14.9. The quantitative estimate of drug-likeness (QED) is 0.565. The van der Waals surface area contributed by atoms with E-state index in [2.05, 4.69) is 71.1 Å². The molecule has 2 aromatic carbocycles. The molecule has 168 valence electrons. The first kappa shape index (κ1) is 23.2. The van der Waals surface area contributed by atoms with Crippen molar-refractivity contribution < 1.29 is 19.8 Å². The molecule has 0 bridgehead atoms. The Kier molecular flexibility index (Phi) is 8.16. The number of aromatic nitrogens is 2. The fourth-order valence-corrected chi connectivity index (χ4v) is 4.04. The second-order valence-corrected chi connectivity index (χ2v) is 7.76. The third kappa shape index (κ3) is 6.28. The Morgan fingerprint density at radius 2 is 1.56 bits per heavy atom. The van der Waals surface area contributed by atoms with Crippen molar-refractivity contribution in [2.24, 2.45) is 0 Å². The Balaban J connectivity index is 0.000000312. The van der Waals surface area contributed by atoms with Crippen molar-refractivity contribution in [1.82, 2.24) is 14.7 Å². The van der Waals surface area contributed by atoms with E-state index in [4.69, 9.17) is 15.3 Å². The molecule has 7 heteroatoms. The molecule has 0 radical (unpaired) electrons. The first-order chi connectivity index (χ1) is 15.5. The molecule has 1 aromatic heterocycles. The summed E-state index contributed by atoms with van der Waals surface area (Å²) >= 11 is 0. The molecular formula is C25H29N3O4. The number of aryl methyl sites for hydroxylation is 1. The van der Waals surface area contributed by atoms with Crippen LogP contribution in [0.4, 0.5) is 0 Å². The molecule has 0 spiro atoms. The Hall–Kier alpha value is -3.45. The summed E-state index contributed by atoms with van der Waals surface area (Å²) in [5.74, 6) is -1.92. The molecule has 1 saturated heterocycles. The second kappa shape index (κ2) is 11.2. The van der Waals surface area contributed by atoms with Crippen molar-refractivity contribution in [3.8, 4) is 0 Å². The van der Waals surface area contributed by atoms with Crippen molar-refractivity contribution in [2.75, 3.05) is 13.1 Å². The molecule has 2 heterocycles. The lowest BCUT2D eigenvalue weighted by Crippen LogP contribution is -2.32. The first-order valence-corrected chi connectivity index (χ1v) is 10.8. The number of carbonyl (C=O) groups is 2. The summed E-state index contributed by atoms with van der Waals surface area (Å²) in [6.45, 7) is 6.50. The molecular weight excluding hydrogens is 406 g/mol. The maximum atomic E-state index is 9.55. The number of rotatable bonds is 6. The number of piperidine rings is 1. The summed E-state index contributed by atoms with van der Waals surface area (Å²) in [4.78, 5) is 21.7. The van der Waals surface area contributed by atoms with Gasteiger partial charge in [-0.2, -0.15) is 5.10 Å². The first-order valence-electron chi connectivity index (χ1n) is 10.8. The van der Waals surface area contributed by atoms with Gasteiger partial charge in [0.25, 0.3) is 0 Å². The third-order valence-corrected chi connectivity index (χ3v) is 5.58. The highest BCUT2D eigenvalue weighted by Crippen LogP contribution is 2.32. The van der Waals surface area contributed by atoms with Crippen molar-refractivity contribution >= 4 is 22.8 Å². The van der Waals surface area contributed by atoms with E-state index in [1.165, 1.54) is 35.0 Å². The Morgan fingerprint density at radius 3 is 2.16 bits per heavy atom. The smallest absolute Gasteiger partial charge is 0.328 e. The third-order valence-electron chi connectivity index (χ3n) is 5.58. The SMILES string of the molecule is CCn1nc(C2CCN(Cc3ccccc3)CC2)c2ccccc21.O=C(O)/C=C\C(=O)O. The highest BCUT2D eigenvalue weighted by atomic mass is 16.4. The van der Waals surface area contributed by atoms with Gasteiger partial charge in [0.05, 0.1) is 11.2 Å². The molecule has 7 nitrogen and oxygen atoms in total. The van der Waals surface area contributed by atoms with Crippen LogP contribution >= 0.6 is 0 Å². The minimum atomic E-state index is -1.26. The van der Waals surface area contributed by atoms with E-state index in [9.17, 15) is 9.59 Å². The zero-order chi connectivity index (χ0) is 22.9. The van der Waals surface area contributed by atoms with Crippen LogP contribution < -0.4 is 0 Å². The van der Waals surface area contributed by atoms with Crippen LogP contribution in [-0.2, 0) is 22.7 Å². The van der Waals surface area contributed by atoms with Gasteiger partial charge in [-0.15, -0.1) is 0 Å². The summed E-state index contributed by atoms with van der Waals surface area (Å²) < 4.78 is 2.15. The molecule has 0 amide bonds. The maximum Gasteiger partial charge on any atom is 0.328 e. The number of fused-ring (bicyclic) bond motifs is 1. The van der Waals surface area contributed by atoms with E-state index >= 15 is 0 Å². The maximum absolute atomic E-state index is 9.55. The number of carboxylic acids is 2. The van der Waals surface area contributed by atoms with Crippen LogP contribution in [0.25, 0.3) is 10.9 Å². The van der Waals surface area contributed by atoms with E-state index in [1.54, 1.807) is 0 Å². The average Bonchev–Trinajstić information content (AvgIpc) is 3.18. The minimum absolute atomic E-state index is 0.558. The number of hydrogen-bond acceptors (Lipinski definition) is 4. The van der Waals surface area contributed by atoms with Gasteiger partial charge in [0, 0.05) is 36.5 Å². The summed E-state index contributed by atoms with van der Waals surface area (Å²) in [5.41, 5.74) is 4.00. The van der Waals surface area contributed by atoms with Gasteiger partial charge in [-0.25, -0.2) is 9.59 Å². The predicted molar refractivity (Wildman–Crippen MR) is 124 cm³/mol. The van der Waals surface area contributed by atoms with Crippen LogP contribution in [0.1, 0.15) is 36.9 Å². The number of benzene rings is 2. The fraction of sp³-hybridized carbons (Fsp3) is 0.320. The topological polar surface area (TPSA) is 95.7 Å². The molecule has 0 saturated carbocycles. The molecule has 1 aliphatic rings. The van der Waals surface area contributed by atoms with E-state index in [0.29, 0.717) is 18.1 Å². The number of aliphatic carboxylic acids is 2. The molecule has 4 rings (SSSR count). The Morgan fingerprint density at radius 1 is 0.969 bits per heavy atom. The largest absolute Gasteiger partial charge is 0.478 e. The second-order valence-electron chi connectivity index (χ2n) is 7.76. The summed E-state index contributed by atoms with van der Waals surface area (Å²) in [7, 11) is 0. The van der Waals surface area contributed by atoms with Gasteiger partial charge in [0.1, 0.15) is 0 Å². The van der Waals surface area contributed by atoms with Crippen LogP contribution in [-0.4, -0.2) is 49.9 Å². The molecule has 1 fully saturated rings. The molecule has 2 N–H and O–H groups in total. The standard InChI is InChI=1S/C21H25N3.C4H4O4/c1-2-24-20-11-7-6-10-19(20)21(22-24)18-12-14-23(15-13-18)16-17-8-4-3-5-9-17;5-3(6)1-2-4(7)8/h3-11,18H,2,12-16H2,1H3;1-2H,(H,5,6)(H,7,8)/b;2-1-. The lowest BCUT2D eigenvalue weighted by atomic mass is 9.91. The number of nitrogens with zero attached hydrogens (tertiary/aromatic N) is 3. The predicted octanol–water partition coefficient (Wildman–Crippen LogP) is 4.15. The zero-order valence-corrected chi connectivity index (χ0v) is 18.2. The van der Waals surface area contributed by atoms with Gasteiger partial charge in [-0.05, 0) is 44.5 Å². The monoisotopic (exact) mass is 435 g/mol. The minimum Gasteiger partial charge on any atom is -0.478 e. The summed E-state index contributed by atoms with van der Waals surface area (Å²) in [5, 5.41) is 21.9. The Bertz CT molecular complexity index is 1050. The number of hydrogen-bond donors (Lipinski definition) is 2. The lowest BCUT2D eigenvalue weighted by Gasteiger charge is -2.31. The fourth-order valence-electron chi connectivity index (χ4n) is 4.04. The van der Waals surface area contributed by atoms with Crippen LogP contribution in [0.2, 0.25) is 0 Å². The van der Waals surface area contributed by atoms with Gasteiger partial charge >= 0.3 is 11.9 Å². The van der Waals surface area contributed by atoms with E-state index in [-0.39, 0.29) is 0 Å². The molecule has 32 heavy (non-hydrogen) atoms. The van der Waals surface area contributed by atoms with Crippen LogP contribution in [0.15, 0.2) is 66.7 Å². The molecule has 1 aliphatic heterocycles. The molecule has 0 aliphatic carbocycles. The van der Waals surface area contributed by atoms with E-state index < -0.39 is 11.9 Å². The molecule has 3 aromatic rings. The number of likely N-dealkylation sites (tertiary alicyclic amines) is 1.